The van der Waals surface area contributed by atoms with Crippen LogP contribution >= 0.6 is 0 Å². The van der Waals surface area contributed by atoms with Crippen LogP contribution in [0.25, 0.3) is 0 Å². The number of nitrogens with one attached hydrogen (secondary N) is 1. The number of methoxy groups -OCH3 is 1. The Morgan fingerprint density at radius 2 is 1.93 bits per heavy atom. The number of piperidine rings is 1. The van der Waals surface area contributed by atoms with E-state index in [0.717, 1.165) is 32.4 Å². The van der Waals surface area contributed by atoms with Crippen LogP contribution in [0.3, 0.4) is 0 Å². The monoisotopic (exact) mass is 403 g/mol. The lowest BCUT2D eigenvalue weighted by Gasteiger charge is -2.34. The van der Waals surface area contributed by atoms with Crippen LogP contribution in [0.2, 0.25) is 0 Å². The summed E-state index contributed by atoms with van der Waals surface area (Å²) in [5.74, 6) is 0.445. The van der Waals surface area contributed by atoms with Crippen LogP contribution < -0.4 is 10.1 Å². The minimum Gasteiger partial charge on any atom is -0.405 e. The van der Waals surface area contributed by atoms with Gasteiger partial charge in [0, 0.05) is 52.6 Å². The first-order valence-electron chi connectivity index (χ1n) is 9.32. The van der Waals surface area contributed by atoms with Gasteiger partial charge in [0.25, 0.3) is 0 Å². The van der Waals surface area contributed by atoms with Crippen LogP contribution in [-0.2, 0) is 16.0 Å². The molecule has 0 aliphatic carbocycles. The number of aliphatic imine (C=N–C) groups is 1. The second kappa shape index (κ2) is 11.1. The predicted octanol–water partition coefficient (Wildman–Crippen LogP) is 3.18. The summed E-state index contributed by atoms with van der Waals surface area (Å²) in [6, 6.07) is 6.09. The van der Waals surface area contributed by atoms with Crippen molar-refractivity contribution in [1.29, 1.82) is 0 Å². The van der Waals surface area contributed by atoms with Gasteiger partial charge in [0.15, 0.2) is 5.96 Å². The first-order chi connectivity index (χ1) is 13.4. The molecule has 1 saturated heterocycles. The van der Waals surface area contributed by atoms with Gasteiger partial charge in [-0.25, -0.2) is 0 Å². The molecule has 9 heteroatoms. The third kappa shape index (κ3) is 7.55. The average Bonchev–Trinajstić information content (AvgIpc) is 2.67. The van der Waals surface area contributed by atoms with Crippen molar-refractivity contribution in [3.8, 4) is 5.75 Å². The van der Waals surface area contributed by atoms with E-state index in [-0.39, 0.29) is 18.4 Å². The Labute approximate surface area is 163 Å². The summed E-state index contributed by atoms with van der Waals surface area (Å²) < 4.78 is 52.6. The lowest BCUT2D eigenvalue weighted by molar-refractivity contribution is -0.274. The maximum Gasteiger partial charge on any atom is 0.573 e. The van der Waals surface area contributed by atoms with E-state index in [0.29, 0.717) is 24.7 Å². The standard InChI is InChI=1S/C19H28F3N3O3/c1-23-18(25-10-8-16(9-11-25)27-13-5-12-26-2)24-14-15-6-3-4-7-17(15)28-19(20,21)22/h3-4,6-7,16H,5,8-14H2,1-2H3,(H,23,24). The Hall–Kier alpha value is -2.00. The van der Waals surface area contributed by atoms with Crippen molar-refractivity contribution in [2.24, 2.45) is 4.99 Å². The van der Waals surface area contributed by atoms with Crippen molar-refractivity contribution in [1.82, 2.24) is 10.2 Å². The molecule has 1 aromatic rings. The Morgan fingerprint density at radius 3 is 2.57 bits per heavy atom. The summed E-state index contributed by atoms with van der Waals surface area (Å²) in [6.07, 6.45) is -1.88. The summed E-state index contributed by atoms with van der Waals surface area (Å²) in [6.45, 7) is 3.10. The van der Waals surface area contributed by atoms with Gasteiger partial charge in [0.05, 0.1) is 6.10 Å². The zero-order valence-corrected chi connectivity index (χ0v) is 16.3. The van der Waals surface area contributed by atoms with E-state index >= 15 is 0 Å². The highest BCUT2D eigenvalue weighted by atomic mass is 19.4. The maximum atomic E-state index is 12.6. The number of halogens is 3. The SMILES string of the molecule is CN=C(NCc1ccccc1OC(F)(F)F)N1CCC(OCCCOC)CC1. The molecule has 0 saturated carbocycles. The molecule has 28 heavy (non-hydrogen) atoms. The van der Waals surface area contributed by atoms with Crippen LogP contribution in [-0.4, -0.2) is 63.8 Å². The molecule has 1 N–H and O–H groups in total. The van der Waals surface area contributed by atoms with Crippen LogP contribution in [0.15, 0.2) is 29.3 Å². The van der Waals surface area contributed by atoms with Gasteiger partial charge >= 0.3 is 6.36 Å². The number of para-hydroxylation sites is 1. The Bertz CT molecular complexity index is 618. The minimum atomic E-state index is -4.72. The lowest BCUT2D eigenvalue weighted by Crippen LogP contribution is -2.46. The van der Waals surface area contributed by atoms with E-state index in [1.54, 1.807) is 26.3 Å². The molecule has 1 fully saturated rings. The normalized spacial score (nSPS) is 16.3. The second-order valence-electron chi connectivity index (χ2n) is 6.46. The fourth-order valence-corrected chi connectivity index (χ4v) is 3.07. The summed E-state index contributed by atoms with van der Waals surface area (Å²) in [5, 5.41) is 3.13. The number of hydrogen-bond acceptors (Lipinski definition) is 4. The number of nitrogens with zero attached hydrogens (tertiary/aromatic N) is 2. The highest BCUT2D eigenvalue weighted by Crippen LogP contribution is 2.26. The zero-order valence-electron chi connectivity index (χ0n) is 16.3. The first kappa shape index (κ1) is 22.3. The molecule has 0 aromatic heterocycles. The molecule has 2 rings (SSSR count). The molecule has 0 amide bonds. The number of alkyl halides is 3. The molecule has 0 unspecified atom stereocenters. The molecular weight excluding hydrogens is 375 g/mol. The van der Waals surface area contributed by atoms with E-state index in [9.17, 15) is 13.2 Å². The van der Waals surface area contributed by atoms with Gasteiger partial charge in [-0.3, -0.25) is 4.99 Å². The fourth-order valence-electron chi connectivity index (χ4n) is 3.07. The molecule has 1 aliphatic heterocycles. The lowest BCUT2D eigenvalue weighted by atomic mass is 10.1. The Kier molecular flexibility index (Phi) is 8.85. The van der Waals surface area contributed by atoms with E-state index in [2.05, 4.69) is 19.9 Å². The number of hydrogen-bond donors (Lipinski definition) is 1. The number of guanidine groups is 1. The quantitative estimate of drug-likeness (QED) is 0.411. The van der Waals surface area contributed by atoms with Gasteiger partial charge in [-0.1, -0.05) is 18.2 Å². The van der Waals surface area contributed by atoms with Crippen molar-refractivity contribution in [3.63, 3.8) is 0 Å². The van der Waals surface area contributed by atoms with Crippen molar-refractivity contribution in [3.05, 3.63) is 29.8 Å². The van der Waals surface area contributed by atoms with Gasteiger partial charge < -0.3 is 24.4 Å². The Balaban J connectivity index is 1.83. The smallest absolute Gasteiger partial charge is 0.405 e. The third-order valence-electron chi connectivity index (χ3n) is 4.43. The maximum absolute atomic E-state index is 12.6. The van der Waals surface area contributed by atoms with Crippen molar-refractivity contribution >= 4 is 5.96 Å². The average molecular weight is 403 g/mol. The summed E-state index contributed by atoms with van der Waals surface area (Å²) in [4.78, 5) is 6.34. The highest BCUT2D eigenvalue weighted by molar-refractivity contribution is 5.80. The van der Waals surface area contributed by atoms with Gasteiger partial charge in [0.2, 0.25) is 0 Å². The molecule has 158 valence electrons. The topological polar surface area (TPSA) is 55.3 Å². The van der Waals surface area contributed by atoms with Gasteiger partial charge in [-0.05, 0) is 25.3 Å². The highest BCUT2D eigenvalue weighted by Gasteiger charge is 2.32. The van der Waals surface area contributed by atoms with Crippen LogP contribution in [0, 0.1) is 0 Å². The van der Waals surface area contributed by atoms with Crippen molar-refractivity contribution in [2.45, 2.75) is 38.3 Å². The number of likely N-dealkylation sites (tertiary alicyclic amines) is 1. The molecule has 0 radical (unpaired) electrons. The largest absolute Gasteiger partial charge is 0.573 e. The summed E-state index contributed by atoms with van der Waals surface area (Å²) in [7, 11) is 3.33. The van der Waals surface area contributed by atoms with Gasteiger partial charge in [-0.15, -0.1) is 13.2 Å². The first-order valence-corrected chi connectivity index (χ1v) is 9.32. The van der Waals surface area contributed by atoms with Gasteiger partial charge in [0.1, 0.15) is 5.75 Å². The molecule has 1 aliphatic rings. The van der Waals surface area contributed by atoms with E-state index < -0.39 is 6.36 Å². The number of rotatable bonds is 8. The zero-order chi connectivity index (χ0) is 20.4. The van der Waals surface area contributed by atoms with Gasteiger partial charge in [-0.2, -0.15) is 0 Å². The van der Waals surface area contributed by atoms with Crippen LogP contribution in [0.5, 0.6) is 5.75 Å². The number of benzene rings is 1. The molecule has 0 spiro atoms. The fraction of sp³-hybridized carbons (Fsp3) is 0.632. The van der Waals surface area contributed by atoms with Crippen LogP contribution in [0.4, 0.5) is 13.2 Å². The van der Waals surface area contributed by atoms with Crippen molar-refractivity contribution in [2.75, 3.05) is 40.5 Å². The van der Waals surface area contributed by atoms with E-state index in [1.165, 1.54) is 12.1 Å². The molecular formula is C19H28F3N3O3. The number of ether oxygens (including phenoxy) is 3. The van der Waals surface area contributed by atoms with Crippen molar-refractivity contribution < 1.29 is 27.4 Å². The van der Waals surface area contributed by atoms with Crippen LogP contribution in [0.1, 0.15) is 24.8 Å². The third-order valence-corrected chi connectivity index (χ3v) is 4.43. The molecule has 1 aromatic carbocycles. The molecule has 6 nitrogen and oxygen atoms in total. The summed E-state index contributed by atoms with van der Waals surface area (Å²) >= 11 is 0. The predicted molar refractivity (Wildman–Crippen MR) is 100 cm³/mol. The Morgan fingerprint density at radius 1 is 1.21 bits per heavy atom. The molecule has 0 atom stereocenters. The minimum absolute atomic E-state index is 0.187. The molecule has 1 heterocycles. The molecule has 0 bridgehead atoms. The van der Waals surface area contributed by atoms with E-state index in [4.69, 9.17) is 9.47 Å². The second-order valence-corrected chi connectivity index (χ2v) is 6.46. The summed E-state index contributed by atoms with van der Waals surface area (Å²) in [5.41, 5.74) is 0.414. The van der Waals surface area contributed by atoms with E-state index in [1.807, 2.05) is 0 Å².